The van der Waals surface area contributed by atoms with Gasteiger partial charge in [-0.15, -0.1) is 23.1 Å². The van der Waals surface area contributed by atoms with E-state index < -0.39 is 24.1 Å². The molecule has 8 heteroatoms. The molecule has 0 spiro atoms. The predicted octanol–water partition coefficient (Wildman–Crippen LogP) is 4.25. The Morgan fingerprint density at radius 2 is 2.00 bits per heavy atom. The third-order valence-electron chi connectivity index (χ3n) is 2.65. The molecule has 0 aliphatic carbocycles. The van der Waals surface area contributed by atoms with E-state index in [-0.39, 0.29) is 21.2 Å². The van der Waals surface area contributed by atoms with E-state index in [2.05, 4.69) is 4.98 Å². The lowest BCUT2D eigenvalue weighted by Gasteiger charge is -2.16. The Kier molecular flexibility index (Phi) is 4.89. The smallest absolute Gasteiger partial charge is 0.348 e. The molecular weight excluding hydrogens is 323 g/mol. The normalized spacial score (nSPS) is 11.6. The molecule has 3 nitrogen and oxygen atoms in total. The number of hydrogen-bond acceptors (Lipinski definition) is 4. The molecule has 0 saturated heterocycles. The van der Waals surface area contributed by atoms with Crippen LogP contribution in [-0.4, -0.2) is 21.8 Å². The zero-order valence-electron chi connectivity index (χ0n) is 10.6. The maximum absolute atomic E-state index is 13.9. The summed E-state index contributed by atoms with van der Waals surface area (Å²) in [6, 6.07) is 4.07. The number of halogens is 3. The van der Waals surface area contributed by atoms with E-state index in [4.69, 9.17) is 5.11 Å². The fourth-order valence-electron chi connectivity index (χ4n) is 1.59. The predicted molar refractivity (Wildman–Crippen MR) is 74.7 cm³/mol. The number of rotatable bonds is 6. The number of benzene rings is 1. The number of aromatic nitrogens is 1. The maximum Gasteiger partial charge on any atom is 0.348 e. The average Bonchev–Trinajstić information content (AvgIpc) is 2.87. The maximum atomic E-state index is 13.9. The van der Waals surface area contributed by atoms with Gasteiger partial charge >= 0.3 is 5.97 Å². The average molecular weight is 333 g/mol. The van der Waals surface area contributed by atoms with Crippen molar-refractivity contribution in [2.24, 2.45) is 0 Å². The number of thioether (sulfide) groups is 1. The van der Waals surface area contributed by atoms with Crippen LogP contribution in [0.15, 0.2) is 34.8 Å². The SMILES string of the molecule is O=C(O)c1scnc1SCCC(F)(F)c1ccc(F)cc1. The van der Waals surface area contributed by atoms with E-state index >= 15 is 0 Å². The summed E-state index contributed by atoms with van der Waals surface area (Å²) >= 11 is 1.92. The Hall–Kier alpha value is -1.54. The van der Waals surface area contributed by atoms with Gasteiger partial charge in [0, 0.05) is 17.7 Å². The van der Waals surface area contributed by atoms with Crippen LogP contribution in [0.5, 0.6) is 0 Å². The number of alkyl halides is 2. The number of nitrogens with zero attached hydrogens (tertiary/aromatic N) is 1. The molecule has 1 aromatic carbocycles. The Balaban J connectivity index is 1.97. The second-order valence-corrected chi connectivity index (χ2v) is 6.04. The first-order valence-electron chi connectivity index (χ1n) is 5.83. The van der Waals surface area contributed by atoms with E-state index in [1.54, 1.807) is 0 Å². The summed E-state index contributed by atoms with van der Waals surface area (Å²) in [7, 11) is 0. The third kappa shape index (κ3) is 3.98. The van der Waals surface area contributed by atoms with E-state index in [1.165, 1.54) is 5.51 Å². The van der Waals surface area contributed by atoms with E-state index in [0.29, 0.717) is 0 Å². The van der Waals surface area contributed by atoms with Crippen molar-refractivity contribution in [1.82, 2.24) is 4.98 Å². The molecule has 0 saturated carbocycles. The minimum Gasteiger partial charge on any atom is -0.477 e. The second-order valence-electron chi connectivity index (χ2n) is 4.10. The van der Waals surface area contributed by atoms with Crippen molar-refractivity contribution in [2.75, 3.05) is 5.75 Å². The van der Waals surface area contributed by atoms with Crippen LogP contribution in [0.2, 0.25) is 0 Å². The van der Waals surface area contributed by atoms with Crippen LogP contribution in [0.3, 0.4) is 0 Å². The molecule has 1 N–H and O–H groups in total. The van der Waals surface area contributed by atoms with Crippen molar-refractivity contribution in [3.05, 3.63) is 46.0 Å². The lowest BCUT2D eigenvalue weighted by molar-refractivity contribution is -0.00707. The number of thiazole rings is 1. The molecule has 112 valence electrons. The number of aromatic carboxylic acids is 1. The highest BCUT2D eigenvalue weighted by Gasteiger charge is 2.31. The molecule has 0 amide bonds. The van der Waals surface area contributed by atoms with E-state index in [0.717, 1.165) is 47.4 Å². The molecule has 21 heavy (non-hydrogen) atoms. The van der Waals surface area contributed by atoms with Crippen LogP contribution >= 0.6 is 23.1 Å². The van der Waals surface area contributed by atoms with Gasteiger partial charge in [0.2, 0.25) is 0 Å². The third-order valence-corrected chi connectivity index (χ3v) is 4.59. The van der Waals surface area contributed by atoms with Crippen LogP contribution in [0.1, 0.15) is 21.7 Å². The molecule has 2 rings (SSSR count). The highest BCUT2D eigenvalue weighted by atomic mass is 32.2. The quantitative estimate of drug-likeness (QED) is 0.803. The fourth-order valence-corrected chi connectivity index (χ4v) is 3.40. The minimum atomic E-state index is -3.10. The summed E-state index contributed by atoms with van der Waals surface area (Å²) in [4.78, 5) is 14.8. The largest absolute Gasteiger partial charge is 0.477 e. The van der Waals surface area contributed by atoms with Crippen molar-refractivity contribution < 1.29 is 23.1 Å². The van der Waals surface area contributed by atoms with Crippen molar-refractivity contribution >= 4 is 29.1 Å². The summed E-state index contributed by atoms with van der Waals surface area (Å²) in [6.45, 7) is 0. The fraction of sp³-hybridized carbons (Fsp3) is 0.231. The van der Waals surface area contributed by atoms with Gasteiger partial charge in [-0.1, -0.05) is 12.1 Å². The van der Waals surface area contributed by atoms with Gasteiger partial charge in [-0.3, -0.25) is 0 Å². The Morgan fingerprint density at radius 3 is 2.62 bits per heavy atom. The first kappa shape index (κ1) is 15.8. The molecule has 0 fully saturated rings. The molecular formula is C13H10F3NO2S2. The number of hydrogen-bond donors (Lipinski definition) is 1. The summed E-state index contributed by atoms with van der Waals surface area (Å²) in [5.74, 6) is -4.78. The first-order chi connectivity index (χ1) is 9.90. The molecule has 0 atom stereocenters. The molecule has 2 aromatic rings. The Bertz CT molecular complexity index is 629. The summed E-state index contributed by atoms with van der Waals surface area (Å²) < 4.78 is 40.5. The molecule has 0 bridgehead atoms. The molecule has 0 radical (unpaired) electrons. The molecule has 0 aliphatic rings. The standard InChI is InChI=1S/C13H10F3NO2S2/c14-9-3-1-8(2-4-9)13(15,16)5-6-20-11-10(12(18)19)21-7-17-11/h1-4,7H,5-6H2,(H,18,19). The van der Waals surface area contributed by atoms with Crippen LogP contribution in [-0.2, 0) is 5.92 Å². The highest BCUT2D eigenvalue weighted by Crippen LogP contribution is 2.35. The van der Waals surface area contributed by atoms with E-state index in [1.807, 2.05) is 0 Å². The zero-order valence-corrected chi connectivity index (χ0v) is 12.2. The van der Waals surface area contributed by atoms with Crippen LogP contribution < -0.4 is 0 Å². The van der Waals surface area contributed by atoms with Gasteiger partial charge in [0.05, 0.1) is 5.51 Å². The topological polar surface area (TPSA) is 50.2 Å². The van der Waals surface area contributed by atoms with Gasteiger partial charge < -0.3 is 5.11 Å². The molecule has 1 aromatic heterocycles. The summed E-state index contributed by atoms with van der Waals surface area (Å²) in [5, 5.41) is 9.13. The Labute approximate surface area is 126 Å². The first-order valence-corrected chi connectivity index (χ1v) is 7.70. The highest BCUT2D eigenvalue weighted by molar-refractivity contribution is 7.99. The van der Waals surface area contributed by atoms with E-state index in [9.17, 15) is 18.0 Å². The lowest BCUT2D eigenvalue weighted by atomic mass is 10.1. The van der Waals surface area contributed by atoms with Crippen molar-refractivity contribution in [3.8, 4) is 0 Å². The van der Waals surface area contributed by atoms with Crippen LogP contribution in [0.4, 0.5) is 13.2 Å². The van der Waals surface area contributed by atoms with Gasteiger partial charge in [-0.05, 0) is 12.1 Å². The van der Waals surface area contributed by atoms with Gasteiger partial charge in [0.25, 0.3) is 5.92 Å². The Morgan fingerprint density at radius 1 is 1.33 bits per heavy atom. The summed E-state index contributed by atoms with van der Waals surface area (Å²) in [6.07, 6.45) is -0.486. The molecule has 0 aliphatic heterocycles. The van der Waals surface area contributed by atoms with Gasteiger partial charge in [-0.25, -0.2) is 22.9 Å². The number of carbonyl (C=O) groups is 1. The van der Waals surface area contributed by atoms with Gasteiger partial charge in [0.1, 0.15) is 15.7 Å². The molecule has 1 heterocycles. The van der Waals surface area contributed by atoms with Crippen LogP contribution in [0, 0.1) is 5.82 Å². The second kappa shape index (κ2) is 6.48. The van der Waals surface area contributed by atoms with Crippen molar-refractivity contribution in [3.63, 3.8) is 0 Å². The minimum absolute atomic E-state index is 0.00832. The summed E-state index contributed by atoms with van der Waals surface area (Å²) in [5.41, 5.74) is 1.10. The van der Waals surface area contributed by atoms with Crippen molar-refractivity contribution in [2.45, 2.75) is 17.4 Å². The number of carboxylic acids is 1. The monoisotopic (exact) mass is 333 g/mol. The number of carboxylic acid groups (broad SMARTS) is 1. The van der Waals surface area contributed by atoms with Gasteiger partial charge in [0.15, 0.2) is 0 Å². The van der Waals surface area contributed by atoms with Crippen molar-refractivity contribution in [1.29, 1.82) is 0 Å². The lowest BCUT2D eigenvalue weighted by Crippen LogP contribution is -2.14. The van der Waals surface area contributed by atoms with Crippen LogP contribution in [0.25, 0.3) is 0 Å². The van der Waals surface area contributed by atoms with Gasteiger partial charge in [-0.2, -0.15) is 0 Å². The molecule has 0 unspecified atom stereocenters. The zero-order chi connectivity index (χ0) is 15.5.